The van der Waals surface area contributed by atoms with Gasteiger partial charge in [-0.2, -0.15) is 0 Å². The number of para-hydroxylation sites is 2. The molecule has 168 valence electrons. The summed E-state index contributed by atoms with van der Waals surface area (Å²) in [7, 11) is -3.92. The van der Waals surface area contributed by atoms with E-state index in [1.807, 2.05) is 30.3 Å². The number of amides is 1. The van der Waals surface area contributed by atoms with Crippen molar-refractivity contribution in [2.24, 2.45) is 5.73 Å². The largest absolute Gasteiger partial charge is 0.369 e. The van der Waals surface area contributed by atoms with Crippen LogP contribution in [-0.2, 0) is 14.8 Å². The normalized spacial score (nSPS) is 11.3. The van der Waals surface area contributed by atoms with Gasteiger partial charge in [-0.1, -0.05) is 65.8 Å². The summed E-state index contributed by atoms with van der Waals surface area (Å²) in [6, 6.07) is 22.2. The van der Waals surface area contributed by atoms with Crippen LogP contribution in [0.2, 0.25) is 5.02 Å². The van der Waals surface area contributed by atoms with Gasteiger partial charge in [-0.05, 0) is 36.4 Å². The third kappa shape index (κ3) is 5.19. The van der Waals surface area contributed by atoms with Crippen molar-refractivity contribution >= 4 is 45.0 Å². The predicted molar refractivity (Wildman–Crippen MR) is 129 cm³/mol. The molecule has 0 atom stereocenters. The molecule has 0 aliphatic rings. The molecule has 0 spiro atoms. The summed E-state index contributed by atoms with van der Waals surface area (Å²) in [6.07, 6.45) is 0. The van der Waals surface area contributed by atoms with Crippen molar-refractivity contribution in [3.63, 3.8) is 0 Å². The molecule has 1 heterocycles. The number of benzene rings is 3. The van der Waals surface area contributed by atoms with E-state index in [-0.39, 0.29) is 21.4 Å². The summed E-state index contributed by atoms with van der Waals surface area (Å²) in [5.74, 6) is -0.0351. The molecular weight excluding hydrogens is 482 g/mol. The number of anilines is 1. The van der Waals surface area contributed by atoms with Crippen molar-refractivity contribution in [2.45, 2.75) is 10.1 Å². The predicted octanol–water partition coefficient (Wildman–Crippen LogP) is 3.97. The van der Waals surface area contributed by atoms with E-state index in [2.05, 4.69) is 14.9 Å². The molecule has 33 heavy (non-hydrogen) atoms. The Kier molecular flexibility index (Phi) is 6.68. The molecule has 0 radical (unpaired) electrons. The maximum absolute atomic E-state index is 13.0. The molecule has 0 saturated carbocycles. The van der Waals surface area contributed by atoms with E-state index in [1.165, 1.54) is 12.1 Å². The fourth-order valence-electron chi connectivity index (χ4n) is 3.05. The monoisotopic (exact) mass is 499 g/mol. The molecule has 0 saturated heterocycles. The number of carbonyl (C=O) groups excluding carboxylic acids is 1. The quantitative estimate of drug-likeness (QED) is 0.354. The van der Waals surface area contributed by atoms with Crippen LogP contribution in [0.25, 0.3) is 17.1 Å². The molecule has 8 nitrogen and oxygen atoms in total. The fraction of sp³-hybridized carbons (Fsp3) is 0.0455. The van der Waals surface area contributed by atoms with E-state index in [4.69, 9.17) is 17.3 Å². The molecule has 3 aromatic carbocycles. The Hall–Kier alpha value is -3.34. The van der Waals surface area contributed by atoms with Crippen LogP contribution in [0.5, 0.6) is 0 Å². The average Bonchev–Trinajstić information content (AvgIpc) is 3.24. The number of halogens is 1. The smallest absolute Gasteiger partial charge is 0.261 e. The number of thioether (sulfide) groups is 1. The van der Waals surface area contributed by atoms with Crippen LogP contribution in [0.4, 0.5) is 5.69 Å². The van der Waals surface area contributed by atoms with Crippen LogP contribution in [0.15, 0.2) is 88.9 Å². The number of sulfonamides is 1. The number of carbonyl (C=O) groups is 1. The molecule has 0 aliphatic carbocycles. The number of hydrogen-bond donors (Lipinski definition) is 2. The minimum absolute atomic E-state index is 0.0289. The zero-order valence-corrected chi connectivity index (χ0v) is 19.4. The lowest BCUT2D eigenvalue weighted by Crippen LogP contribution is -2.14. The highest BCUT2D eigenvalue weighted by Crippen LogP contribution is 2.30. The first-order chi connectivity index (χ1) is 15.8. The van der Waals surface area contributed by atoms with Crippen LogP contribution in [0, 0.1) is 0 Å². The zero-order valence-electron chi connectivity index (χ0n) is 17.1. The van der Waals surface area contributed by atoms with Gasteiger partial charge in [0.1, 0.15) is 0 Å². The lowest BCUT2D eigenvalue weighted by molar-refractivity contribution is -0.115. The standard InChI is InChI=1S/C22H18ClN5O3S2/c23-18-11-4-5-12-19(18)27-33(30,31)17-10-6-7-15(13-17)21-25-26-22(32-14-20(24)29)28(21)16-8-2-1-3-9-16/h1-13,27H,14H2,(H2,24,29). The number of primary amides is 1. The van der Waals surface area contributed by atoms with Gasteiger partial charge >= 0.3 is 0 Å². The molecule has 0 bridgehead atoms. The topological polar surface area (TPSA) is 120 Å². The van der Waals surface area contributed by atoms with Crippen molar-refractivity contribution in [3.8, 4) is 17.1 Å². The van der Waals surface area contributed by atoms with Crippen LogP contribution in [-0.4, -0.2) is 34.8 Å². The molecule has 11 heteroatoms. The van der Waals surface area contributed by atoms with Gasteiger partial charge in [-0.3, -0.25) is 14.1 Å². The number of nitrogens with one attached hydrogen (secondary N) is 1. The molecule has 0 unspecified atom stereocenters. The van der Waals surface area contributed by atoms with E-state index in [1.54, 1.807) is 41.0 Å². The van der Waals surface area contributed by atoms with E-state index in [9.17, 15) is 13.2 Å². The van der Waals surface area contributed by atoms with E-state index in [0.717, 1.165) is 17.4 Å². The summed E-state index contributed by atoms with van der Waals surface area (Å²) in [5.41, 5.74) is 6.85. The van der Waals surface area contributed by atoms with Gasteiger partial charge in [0.15, 0.2) is 11.0 Å². The Labute approximate surface area is 199 Å². The Morgan fingerprint density at radius 1 is 1.00 bits per heavy atom. The molecule has 1 amide bonds. The Morgan fingerprint density at radius 2 is 1.73 bits per heavy atom. The number of rotatable bonds is 8. The van der Waals surface area contributed by atoms with Gasteiger partial charge in [0.2, 0.25) is 5.91 Å². The number of nitrogens with zero attached hydrogens (tertiary/aromatic N) is 3. The van der Waals surface area contributed by atoms with Gasteiger partial charge in [0, 0.05) is 11.3 Å². The number of hydrogen-bond acceptors (Lipinski definition) is 6. The number of nitrogens with two attached hydrogens (primary N) is 1. The Morgan fingerprint density at radius 3 is 2.45 bits per heavy atom. The summed E-state index contributed by atoms with van der Waals surface area (Å²) in [4.78, 5) is 11.3. The maximum Gasteiger partial charge on any atom is 0.261 e. The SMILES string of the molecule is NC(=O)CSc1nnc(-c2cccc(S(=O)(=O)Nc3ccccc3Cl)c2)n1-c1ccccc1. The van der Waals surface area contributed by atoms with Crippen LogP contribution >= 0.6 is 23.4 Å². The molecule has 0 fully saturated rings. The Bertz CT molecular complexity index is 1410. The average molecular weight is 500 g/mol. The second kappa shape index (κ2) is 9.65. The molecule has 0 aliphatic heterocycles. The second-order valence-electron chi connectivity index (χ2n) is 6.85. The van der Waals surface area contributed by atoms with Crippen LogP contribution in [0.1, 0.15) is 0 Å². The maximum atomic E-state index is 13.0. The highest BCUT2D eigenvalue weighted by Gasteiger charge is 2.20. The molecule has 4 aromatic rings. The van der Waals surface area contributed by atoms with Crippen LogP contribution in [0.3, 0.4) is 0 Å². The summed E-state index contributed by atoms with van der Waals surface area (Å²) >= 11 is 7.25. The third-order valence-corrected chi connectivity index (χ3v) is 7.16. The highest BCUT2D eigenvalue weighted by molar-refractivity contribution is 7.99. The van der Waals surface area contributed by atoms with Gasteiger partial charge in [-0.15, -0.1) is 10.2 Å². The van der Waals surface area contributed by atoms with Gasteiger partial charge in [-0.25, -0.2) is 8.42 Å². The Balaban J connectivity index is 1.75. The fourth-order valence-corrected chi connectivity index (χ4v) is 5.10. The number of aromatic nitrogens is 3. The lowest BCUT2D eigenvalue weighted by Gasteiger charge is -2.12. The minimum Gasteiger partial charge on any atom is -0.369 e. The van der Waals surface area contributed by atoms with Crippen molar-refractivity contribution in [1.82, 2.24) is 14.8 Å². The van der Waals surface area contributed by atoms with Crippen molar-refractivity contribution in [2.75, 3.05) is 10.5 Å². The molecule has 4 rings (SSSR count). The summed E-state index contributed by atoms with van der Waals surface area (Å²) in [5, 5.41) is 9.21. The van der Waals surface area contributed by atoms with Gasteiger partial charge in [0.25, 0.3) is 10.0 Å². The molecule has 3 N–H and O–H groups in total. The van der Waals surface area contributed by atoms with Gasteiger partial charge < -0.3 is 5.73 Å². The van der Waals surface area contributed by atoms with Gasteiger partial charge in [0.05, 0.1) is 21.4 Å². The first kappa shape index (κ1) is 22.8. The van der Waals surface area contributed by atoms with E-state index >= 15 is 0 Å². The first-order valence-corrected chi connectivity index (χ1v) is 12.5. The first-order valence-electron chi connectivity index (χ1n) is 9.65. The van der Waals surface area contributed by atoms with E-state index in [0.29, 0.717) is 16.5 Å². The highest BCUT2D eigenvalue weighted by atomic mass is 35.5. The molecule has 1 aromatic heterocycles. The van der Waals surface area contributed by atoms with Crippen molar-refractivity contribution < 1.29 is 13.2 Å². The van der Waals surface area contributed by atoms with E-state index < -0.39 is 15.9 Å². The third-order valence-electron chi connectivity index (χ3n) is 4.51. The minimum atomic E-state index is -3.92. The van der Waals surface area contributed by atoms with Crippen molar-refractivity contribution in [1.29, 1.82) is 0 Å². The van der Waals surface area contributed by atoms with Crippen LogP contribution < -0.4 is 10.5 Å². The lowest BCUT2D eigenvalue weighted by atomic mass is 10.2. The summed E-state index contributed by atoms with van der Waals surface area (Å²) in [6.45, 7) is 0. The molecular formula is C22H18ClN5O3S2. The zero-order chi connectivity index (χ0) is 23.4. The second-order valence-corrected chi connectivity index (χ2v) is 9.88. The van der Waals surface area contributed by atoms with Crippen molar-refractivity contribution in [3.05, 3.63) is 83.9 Å². The summed E-state index contributed by atoms with van der Waals surface area (Å²) < 4.78 is 30.3.